The molecule has 14 heavy (non-hydrogen) atoms. The lowest BCUT2D eigenvalue weighted by atomic mass is 9.87. The van der Waals surface area contributed by atoms with E-state index in [0.29, 0.717) is 11.2 Å². The van der Waals surface area contributed by atoms with Crippen LogP contribution in [-0.2, 0) is 0 Å². The Bertz CT molecular complexity index is 300. The van der Waals surface area contributed by atoms with Gasteiger partial charge in [0.1, 0.15) is 5.15 Å². The van der Waals surface area contributed by atoms with E-state index in [0.717, 1.165) is 11.0 Å². The largest absolute Gasteiger partial charge is 0.359 e. The molecule has 2 atom stereocenters. The van der Waals surface area contributed by atoms with E-state index in [1.54, 1.807) is 11.3 Å². The Kier molecular flexibility index (Phi) is 3.29. The fraction of sp³-hybridized carbons (Fsp3) is 0.700. The van der Waals surface area contributed by atoms with Crippen LogP contribution in [0.3, 0.4) is 0 Å². The first-order valence-corrected chi connectivity index (χ1v) is 6.37. The minimum Gasteiger partial charge on any atom is -0.359 e. The molecule has 1 aliphatic carbocycles. The Labute approximate surface area is 93.7 Å². The number of hydrogen-bond donors (Lipinski definition) is 1. The molecule has 1 aliphatic rings. The average molecular weight is 231 g/mol. The quantitative estimate of drug-likeness (QED) is 0.836. The second-order valence-electron chi connectivity index (χ2n) is 4.09. The highest BCUT2D eigenvalue weighted by Gasteiger charge is 2.19. The molecule has 2 nitrogen and oxygen atoms in total. The standard InChI is InChI=1S/C10H15ClN2S/c1-7-3-2-4-8(5-7)12-10-13-9(11)6-14-10/h6-8H,2-5H2,1H3,(H,12,13). The molecule has 2 unspecified atom stereocenters. The van der Waals surface area contributed by atoms with Crippen molar-refractivity contribution in [2.75, 3.05) is 5.32 Å². The van der Waals surface area contributed by atoms with Crippen molar-refractivity contribution in [2.45, 2.75) is 38.6 Å². The van der Waals surface area contributed by atoms with E-state index in [1.807, 2.05) is 5.38 Å². The maximum absolute atomic E-state index is 5.77. The average Bonchev–Trinajstić information content (AvgIpc) is 2.51. The molecule has 1 N–H and O–H groups in total. The molecule has 0 spiro atoms. The lowest BCUT2D eigenvalue weighted by molar-refractivity contribution is 0.358. The molecule has 0 radical (unpaired) electrons. The van der Waals surface area contributed by atoms with Crippen molar-refractivity contribution in [1.82, 2.24) is 4.98 Å². The first-order chi connectivity index (χ1) is 6.74. The van der Waals surface area contributed by atoms with Crippen LogP contribution in [0.25, 0.3) is 0 Å². The molecule has 0 aromatic carbocycles. The Morgan fingerprint density at radius 3 is 3.07 bits per heavy atom. The highest BCUT2D eigenvalue weighted by atomic mass is 35.5. The van der Waals surface area contributed by atoms with Gasteiger partial charge < -0.3 is 5.32 Å². The molecular weight excluding hydrogens is 216 g/mol. The molecule has 1 saturated carbocycles. The molecule has 4 heteroatoms. The summed E-state index contributed by atoms with van der Waals surface area (Å²) in [6.45, 7) is 2.32. The fourth-order valence-corrected chi connectivity index (χ4v) is 2.98. The molecule has 1 aromatic heterocycles. The Hall–Kier alpha value is -0.280. The van der Waals surface area contributed by atoms with E-state index >= 15 is 0 Å². The molecule has 1 fully saturated rings. The summed E-state index contributed by atoms with van der Waals surface area (Å²) < 4.78 is 0. The van der Waals surface area contributed by atoms with Crippen LogP contribution in [0.15, 0.2) is 5.38 Å². The lowest BCUT2D eigenvalue weighted by Crippen LogP contribution is -2.25. The summed E-state index contributed by atoms with van der Waals surface area (Å²) in [5.41, 5.74) is 0. The van der Waals surface area contributed by atoms with Gasteiger partial charge >= 0.3 is 0 Å². The zero-order valence-corrected chi connectivity index (χ0v) is 9.87. The maximum Gasteiger partial charge on any atom is 0.184 e. The van der Waals surface area contributed by atoms with E-state index in [2.05, 4.69) is 17.2 Å². The molecule has 78 valence electrons. The van der Waals surface area contributed by atoms with Crippen molar-refractivity contribution < 1.29 is 0 Å². The maximum atomic E-state index is 5.77. The van der Waals surface area contributed by atoms with Gasteiger partial charge in [-0.3, -0.25) is 0 Å². The first kappa shape index (κ1) is 10.2. The molecule has 1 heterocycles. The summed E-state index contributed by atoms with van der Waals surface area (Å²) in [4.78, 5) is 4.20. The van der Waals surface area contributed by atoms with Crippen LogP contribution in [0.4, 0.5) is 5.13 Å². The third-order valence-electron chi connectivity index (χ3n) is 2.74. The van der Waals surface area contributed by atoms with E-state index in [9.17, 15) is 0 Å². The molecular formula is C10H15ClN2S. The summed E-state index contributed by atoms with van der Waals surface area (Å²) in [5, 5.41) is 6.89. The molecule has 0 saturated heterocycles. The summed E-state index contributed by atoms with van der Waals surface area (Å²) in [5.74, 6) is 0.844. The van der Waals surface area contributed by atoms with Crippen molar-refractivity contribution in [1.29, 1.82) is 0 Å². The molecule has 0 aliphatic heterocycles. The van der Waals surface area contributed by atoms with Crippen molar-refractivity contribution in [3.8, 4) is 0 Å². The zero-order chi connectivity index (χ0) is 9.97. The minimum absolute atomic E-state index is 0.598. The second-order valence-corrected chi connectivity index (χ2v) is 5.33. The van der Waals surface area contributed by atoms with Gasteiger partial charge in [0, 0.05) is 11.4 Å². The van der Waals surface area contributed by atoms with E-state index in [4.69, 9.17) is 11.6 Å². The van der Waals surface area contributed by atoms with Gasteiger partial charge in [0.15, 0.2) is 5.13 Å². The van der Waals surface area contributed by atoms with Gasteiger partial charge in [-0.05, 0) is 18.8 Å². The summed E-state index contributed by atoms with van der Waals surface area (Å²) >= 11 is 7.36. The monoisotopic (exact) mass is 230 g/mol. The van der Waals surface area contributed by atoms with Gasteiger partial charge in [-0.25, -0.2) is 4.98 Å². The van der Waals surface area contributed by atoms with Crippen molar-refractivity contribution in [3.63, 3.8) is 0 Å². The van der Waals surface area contributed by atoms with Crippen LogP contribution in [-0.4, -0.2) is 11.0 Å². The first-order valence-electron chi connectivity index (χ1n) is 5.11. The van der Waals surface area contributed by atoms with Gasteiger partial charge in [0.05, 0.1) is 0 Å². The molecule has 0 bridgehead atoms. The lowest BCUT2D eigenvalue weighted by Gasteiger charge is -2.27. The SMILES string of the molecule is CC1CCCC(Nc2nc(Cl)cs2)C1. The zero-order valence-electron chi connectivity index (χ0n) is 8.29. The number of thiazole rings is 1. The third-order valence-corrected chi connectivity index (χ3v) is 3.84. The molecule has 2 rings (SSSR count). The predicted molar refractivity (Wildman–Crippen MR) is 62.2 cm³/mol. The van der Waals surface area contributed by atoms with Crippen molar-refractivity contribution >= 4 is 28.1 Å². The number of nitrogens with zero attached hydrogens (tertiary/aromatic N) is 1. The predicted octanol–water partition coefficient (Wildman–Crippen LogP) is 3.79. The van der Waals surface area contributed by atoms with Crippen LogP contribution in [0.2, 0.25) is 5.15 Å². The third kappa shape index (κ3) is 2.61. The van der Waals surface area contributed by atoms with E-state index in [-0.39, 0.29) is 0 Å². The smallest absolute Gasteiger partial charge is 0.184 e. The summed E-state index contributed by atoms with van der Waals surface area (Å²) in [6, 6.07) is 0.598. The number of aromatic nitrogens is 1. The highest BCUT2D eigenvalue weighted by Crippen LogP contribution is 2.27. The van der Waals surface area contributed by atoms with E-state index in [1.165, 1.54) is 25.7 Å². The normalized spacial score (nSPS) is 27.6. The van der Waals surface area contributed by atoms with Crippen molar-refractivity contribution in [3.05, 3.63) is 10.5 Å². The molecule has 0 amide bonds. The number of nitrogens with one attached hydrogen (secondary N) is 1. The topological polar surface area (TPSA) is 24.9 Å². The minimum atomic E-state index is 0.598. The van der Waals surface area contributed by atoms with Gasteiger partial charge in [-0.2, -0.15) is 0 Å². The summed E-state index contributed by atoms with van der Waals surface area (Å²) in [7, 11) is 0. The Balaban J connectivity index is 1.90. The van der Waals surface area contributed by atoms with Crippen LogP contribution in [0.5, 0.6) is 0 Å². The van der Waals surface area contributed by atoms with Crippen LogP contribution in [0, 0.1) is 5.92 Å². The van der Waals surface area contributed by atoms with Gasteiger partial charge in [0.25, 0.3) is 0 Å². The summed E-state index contributed by atoms with van der Waals surface area (Å²) in [6.07, 6.45) is 5.23. The van der Waals surface area contributed by atoms with E-state index < -0.39 is 0 Å². The fourth-order valence-electron chi connectivity index (χ4n) is 2.06. The van der Waals surface area contributed by atoms with Gasteiger partial charge in [-0.15, -0.1) is 11.3 Å². The number of halogens is 1. The highest BCUT2D eigenvalue weighted by molar-refractivity contribution is 7.14. The second kappa shape index (κ2) is 4.49. The van der Waals surface area contributed by atoms with Crippen molar-refractivity contribution in [2.24, 2.45) is 5.92 Å². The number of rotatable bonds is 2. The Morgan fingerprint density at radius 2 is 2.43 bits per heavy atom. The van der Waals surface area contributed by atoms with Gasteiger partial charge in [-0.1, -0.05) is 31.4 Å². The number of hydrogen-bond acceptors (Lipinski definition) is 3. The molecule has 1 aromatic rings. The van der Waals surface area contributed by atoms with Gasteiger partial charge in [0.2, 0.25) is 0 Å². The van der Waals surface area contributed by atoms with Crippen LogP contribution < -0.4 is 5.32 Å². The van der Waals surface area contributed by atoms with Crippen LogP contribution >= 0.6 is 22.9 Å². The Morgan fingerprint density at radius 1 is 1.57 bits per heavy atom. The van der Waals surface area contributed by atoms with Crippen LogP contribution in [0.1, 0.15) is 32.6 Å². The number of anilines is 1.